The Morgan fingerprint density at radius 2 is 1.76 bits per heavy atom. The second-order valence-electron chi connectivity index (χ2n) is 5.98. The number of benzene rings is 1. The molecule has 0 spiro atoms. The lowest BCUT2D eigenvalue weighted by Gasteiger charge is -2.09. The zero-order chi connectivity index (χ0) is 20.8. The molecule has 0 amide bonds. The number of rotatable bonds is 5. The van der Waals surface area contributed by atoms with Gasteiger partial charge in [0.2, 0.25) is 0 Å². The fraction of sp³-hybridized carbons (Fsp3) is 0.238. The van der Waals surface area contributed by atoms with Crippen LogP contribution in [0, 0.1) is 0 Å². The molecule has 0 unspecified atom stereocenters. The molecule has 3 aromatic heterocycles. The zero-order valence-electron chi connectivity index (χ0n) is 17.0. The number of nitrogens with two attached hydrogens (primary N) is 1. The molecule has 8 nitrogen and oxygen atoms in total. The van der Waals surface area contributed by atoms with Crippen molar-refractivity contribution in [2.24, 2.45) is 7.05 Å². The van der Waals surface area contributed by atoms with Gasteiger partial charge in [-0.15, -0.1) is 0 Å². The Hall–Kier alpha value is -3.68. The first-order valence-corrected chi connectivity index (χ1v) is 9.31. The van der Waals surface area contributed by atoms with E-state index in [4.69, 9.17) is 15.2 Å². The van der Waals surface area contributed by atoms with Gasteiger partial charge in [0.15, 0.2) is 5.82 Å². The number of nitrogens with zero attached hydrogens (tertiary/aromatic N) is 5. The predicted molar refractivity (Wildman–Crippen MR) is 113 cm³/mol. The molecule has 1 aromatic carbocycles. The summed E-state index contributed by atoms with van der Waals surface area (Å²) < 4.78 is 12.7. The molecule has 29 heavy (non-hydrogen) atoms. The molecular weight excluding hydrogens is 368 g/mol. The molecule has 150 valence electrons. The van der Waals surface area contributed by atoms with Crippen molar-refractivity contribution in [3.8, 4) is 23.1 Å². The van der Waals surface area contributed by atoms with Gasteiger partial charge in [-0.3, -0.25) is 0 Å². The molecule has 0 aliphatic heterocycles. The number of pyridine rings is 1. The van der Waals surface area contributed by atoms with Crippen molar-refractivity contribution >= 4 is 16.9 Å². The third-order valence-corrected chi connectivity index (χ3v) is 4.15. The SMILES string of the molecule is CC.COc1ccc(COc2nc(N)c3nc(-c4cncn4C)ccc3n2)cc1. The van der Waals surface area contributed by atoms with Crippen molar-refractivity contribution in [2.75, 3.05) is 12.8 Å². The number of aromatic nitrogens is 5. The topological polar surface area (TPSA) is 101 Å². The molecule has 0 radical (unpaired) electrons. The van der Waals surface area contributed by atoms with Crippen LogP contribution in [0.1, 0.15) is 19.4 Å². The molecular formula is C21H24N6O2. The van der Waals surface area contributed by atoms with Gasteiger partial charge >= 0.3 is 6.01 Å². The maximum Gasteiger partial charge on any atom is 0.319 e. The van der Waals surface area contributed by atoms with Gasteiger partial charge in [-0.05, 0) is 29.8 Å². The van der Waals surface area contributed by atoms with E-state index in [1.165, 1.54) is 0 Å². The quantitative estimate of drug-likeness (QED) is 0.553. The summed E-state index contributed by atoms with van der Waals surface area (Å²) in [7, 11) is 3.54. The first kappa shape index (κ1) is 20.1. The Kier molecular flexibility index (Phi) is 6.23. The lowest BCUT2D eigenvalue weighted by atomic mass is 10.2. The minimum Gasteiger partial charge on any atom is -0.497 e. The molecule has 0 atom stereocenters. The van der Waals surface area contributed by atoms with E-state index in [1.54, 1.807) is 19.6 Å². The summed E-state index contributed by atoms with van der Waals surface area (Å²) in [6.07, 6.45) is 3.47. The molecule has 4 aromatic rings. The number of aryl methyl sites for hydroxylation is 1. The van der Waals surface area contributed by atoms with Crippen molar-refractivity contribution in [2.45, 2.75) is 20.5 Å². The number of anilines is 1. The second kappa shape index (κ2) is 9.01. The summed E-state index contributed by atoms with van der Waals surface area (Å²) in [6, 6.07) is 11.5. The van der Waals surface area contributed by atoms with Gasteiger partial charge in [-0.1, -0.05) is 26.0 Å². The van der Waals surface area contributed by atoms with Gasteiger partial charge in [0.1, 0.15) is 17.9 Å². The van der Waals surface area contributed by atoms with E-state index >= 15 is 0 Å². The number of ether oxygens (including phenoxy) is 2. The van der Waals surface area contributed by atoms with E-state index in [2.05, 4.69) is 19.9 Å². The van der Waals surface area contributed by atoms with Crippen LogP contribution in [0.5, 0.6) is 11.8 Å². The van der Waals surface area contributed by atoms with Gasteiger partial charge in [0.25, 0.3) is 0 Å². The lowest BCUT2D eigenvalue weighted by Crippen LogP contribution is -2.04. The monoisotopic (exact) mass is 392 g/mol. The molecule has 3 heterocycles. The highest BCUT2D eigenvalue weighted by atomic mass is 16.5. The molecule has 8 heteroatoms. The first-order chi connectivity index (χ1) is 14.1. The highest BCUT2D eigenvalue weighted by Gasteiger charge is 2.11. The average molecular weight is 392 g/mol. The average Bonchev–Trinajstić information content (AvgIpc) is 3.20. The van der Waals surface area contributed by atoms with Crippen LogP contribution >= 0.6 is 0 Å². The molecule has 0 aliphatic rings. The summed E-state index contributed by atoms with van der Waals surface area (Å²) in [6.45, 7) is 4.33. The largest absolute Gasteiger partial charge is 0.497 e. The number of imidazole rings is 1. The number of hydrogen-bond acceptors (Lipinski definition) is 7. The van der Waals surface area contributed by atoms with Crippen molar-refractivity contribution in [1.29, 1.82) is 0 Å². The minimum atomic E-state index is 0.214. The Morgan fingerprint density at radius 3 is 2.41 bits per heavy atom. The van der Waals surface area contributed by atoms with Crippen molar-refractivity contribution in [3.05, 3.63) is 54.5 Å². The fourth-order valence-corrected chi connectivity index (χ4v) is 2.70. The van der Waals surface area contributed by atoms with Gasteiger partial charge in [-0.25, -0.2) is 9.97 Å². The number of methoxy groups -OCH3 is 1. The standard InChI is InChI=1S/C19H18N6O2.C2H6/c1-25-11-21-9-16(25)14-7-8-15-17(22-14)18(20)24-19(23-15)27-10-12-3-5-13(26-2)6-4-12;1-2/h3-9,11H,10H2,1-2H3,(H2,20,23,24);1-2H3. The third-order valence-electron chi connectivity index (χ3n) is 4.15. The minimum absolute atomic E-state index is 0.214. The zero-order valence-corrected chi connectivity index (χ0v) is 17.0. The number of nitrogen functional groups attached to an aromatic ring is 1. The molecule has 2 N–H and O–H groups in total. The van der Waals surface area contributed by atoms with Gasteiger partial charge in [-0.2, -0.15) is 9.97 Å². The van der Waals surface area contributed by atoms with Crippen LogP contribution < -0.4 is 15.2 Å². The van der Waals surface area contributed by atoms with Crippen LogP contribution in [0.3, 0.4) is 0 Å². The Bertz CT molecular complexity index is 1090. The van der Waals surface area contributed by atoms with Crippen LogP contribution in [0.15, 0.2) is 48.9 Å². The summed E-state index contributed by atoms with van der Waals surface area (Å²) in [5.74, 6) is 1.06. The van der Waals surface area contributed by atoms with E-state index < -0.39 is 0 Å². The normalized spacial score (nSPS) is 10.3. The number of fused-ring (bicyclic) bond motifs is 1. The van der Waals surface area contributed by atoms with Crippen LogP contribution in [0.25, 0.3) is 22.4 Å². The van der Waals surface area contributed by atoms with Crippen molar-refractivity contribution in [3.63, 3.8) is 0 Å². The molecule has 4 rings (SSSR count). The van der Waals surface area contributed by atoms with Crippen molar-refractivity contribution in [1.82, 2.24) is 24.5 Å². The van der Waals surface area contributed by atoms with E-state index in [-0.39, 0.29) is 11.8 Å². The maximum atomic E-state index is 6.09. The summed E-state index contributed by atoms with van der Waals surface area (Å²) in [4.78, 5) is 17.3. The van der Waals surface area contributed by atoms with E-state index in [1.807, 2.05) is 61.9 Å². The highest BCUT2D eigenvalue weighted by Crippen LogP contribution is 2.24. The summed E-state index contributed by atoms with van der Waals surface area (Å²) >= 11 is 0. The van der Waals surface area contributed by atoms with Crippen molar-refractivity contribution < 1.29 is 9.47 Å². The fourth-order valence-electron chi connectivity index (χ4n) is 2.70. The Labute approximate surface area is 169 Å². The molecule has 0 bridgehead atoms. The second-order valence-corrected chi connectivity index (χ2v) is 5.98. The number of hydrogen-bond donors (Lipinski definition) is 1. The van der Waals surface area contributed by atoms with E-state index in [0.29, 0.717) is 17.6 Å². The predicted octanol–water partition coefficient (Wildman–Crippen LogP) is 3.62. The molecule has 0 aliphatic carbocycles. The third kappa shape index (κ3) is 4.43. The van der Waals surface area contributed by atoms with E-state index in [0.717, 1.165) is 22.7 Å². The Morgan fingerprint density at radius 1 is 1.00 bits per heavy atom. The smallest absolute Gasteiger partial charge is 0.319 e. The summed E-state index contributed by atoms with van der Waals surface area (Å²) in [5.41, 5.74) is 9.86. The summed E-state index contributed by atoms with van der Waals surface area (Å²) in [5, 5.41) is 0. The maximum absolute atomic E-state index is 6.09. The highest BCUT2D eigenvalue weighted by molar-refractivity contribution is 5.86. The van der Waals surface area contributed by atoms with Crippen LogP contribution in [-0.2, 0) is 13.7 Å². The van der Waals surface area contributed by atoms with Gasteiger partial charge in [0, 0.05) is 7.05 Å². The molecule has 0 fully saturated rings. The molecule has 0 saturated heterocycles. The van der Waals surface area contributed by atoms with Crippen LogP contribution in [0.4, 0.5) is 5.82 Å². The molecule has 0 saturated carbocycles. The van der Waals surface area contributed by atoms with Gasteiger partial charge in [0.05, 0.1) is 36.5 Å². The first-order valence-electron chi connectivity index (χ1n) is 9.31. The lowest BCUT2D eigenvalue weighted by molar-refractivity contribution is 0.282. The van der Waals surface area contributed by atoms with Crippen LogP contribution in [0.2, 0.25) is 0 Å². The van der Waals surface area contributed by atoms with Gasteiger partial charge < -0.3 is 19.8 Å². The van der Waals surface area contributed by atoms with E-state index in [9.17, 15) is 0 Å². The van der Waals surface area contributed by atoms with Crippen LogP contribution in [-0.4, -0.2) is 31.6 Å². The Balaban J connectivity index is 0.00000117.